The Morgan fingerprint density at radius 1 is 1.37 bits per heavy atom. The Bertz CT molecular complexity index is 561. The maximum Gasteiger partial charge on any atom is 0.242 e. The number of nitrogens with two attached hydrogens (primary N) is 1. The van der Waals surface area contributed by atoms with Crippen molar-refractivity contribution in [2.24, 2.45) is 5.92 Å². The van der Waals surface area contributed by atoms with E-state index in [1.54, 1.807) is 13.8 Å². The van der Waals surface area contributed by atoms with E-state index >= 15 is 0 Å². The van der Waals surface area contributed by atoms with E-state index in [0.717, 1.165) is 0 Å². The third-order valence-electron chi connectivity index (χ3n) is 2.69. The molecule has 0 aliphatic carbocycles. The van der Waals surface area contributed by atoms with Gasteiger partial charge in [0.1, 0.15) is 4.90 Å². The molecule has 0 saturated heterocycles. The molecule has 4 N–H and O–H groups in total. The molecule has 1 aromatic rings. The summed E-state index contributed by atoms with van der Waals surface area (Å²) >= 11 is 11.7. The van der Waals surface area contributed by atoms with Crippen LogP contribution in [-0.2, 0) is 10.0 Å². The van der Waals surface area contributed by atoms with Crippen molar-refractivity contribution in [1.29, 1.82) is 0 Å². The molecule has 5 nitrogen and oxygen atoms in total. The van der Waals surface area contributed by atoms with E-state index in [-0.39, 0.29) is 33.2 Å². The third kappa shape index (κ3) is 3.73. The highest BCUT2D eigenvalue weighted by molar-refractivity contribution is 7.89. The van der Waals surface area contributed by atoms with Crippen molar-refractivity contribution in [2.45, 2.75) is 24.8 Å². The first-order chi connectivity index (χ1) is 8.70. The number of anilines is 1. The van der Waals surface area contributed by atoms with E-state index in [1.165, 1.54) is 12.1 Å². The Hall–Kier alpha value is -0.530. The highest BCUT2D eigenvalue weighted by Gasteiger charge is 2.25. The summed E-state index contributed by atoms with van der Waals surface area (Å²) in [4.78, 5) is -0.157. The van der Waals surface area contributed by atoms with Crippen molar-refractivity contribution in [3.8, 4) is 0 Å². The molecule has 0 bridgehead atoms. The largest absolute Gasteiger partial charge is 0.396 e. The van der Waals surface area contributed by atoms with Crippen LogP contribution in [0.15, 0.2) is 17.0 Å². The minimum atomic E-state index is -3.87. The second-order valence-corrected chi connectivity index (χ2v) is 6.90. The number of nitrogen functional groups attached to an aromatic ring is 1. The summed E-state index contributed by atoms with van der Waals surface area (Å²) in [5.74, 6) is -0.0665. The number of aliphatic hydroxyl groups excluding tert-OH is 1. The van der Waals surface area contributed by atoms with Crippen molar-refractivity contribution >= 4 is 38.9 Å². The number of sulfonamides is 1. The molecule has 1 atom stereocenters. The number of benzene rings is 1. The Kier molecular flexibility index (Phi) is 5.46. The lowest BCUT2D eigenvalue weighted by Crippen LogP contribution is -2.41. The molecule has 0 spiro atoms. The molecule has 1 aromatic carbocycles. The fraction of sp³-hybridized carbons (Fsp3) is 0.455. The smallest absolute Gasteiger partial charge is 0.242 e. The van der Waals surface area contributed by atoms with E-state index in [2.05, 4.69) is 4.72 Å². The van der Waals surface area contributed by atoms with Gasteiger partial charge >= 0.3 is 0 Å². The zero-order valence-electron chi connectivity index (χ0n) is 10.5. The molecule has 19 heavy (non-hydrogen) atoms. The lowest BCUT2D eigenvalue weighted by Gasteiger charge is -2.20. The quantitative estimate of drug-likeness (QED) is 0.720. The molecule has 0 aromatic heterocycles. The normalized spacial score (nSPS) is 13.8. The molecule has 0 heterocycles. The second kappa shape index (κ2) is 6.28. The minimum Gasteiger partial charge on any atom is -0.396 e. The number of halogens is 2. The van der Waals surface area contributed by atoms with Crippen LogP contribution in [0.5, 0.6) is 0 Å². The second-order valence-electron chi connectivity index (χ2n) is 4.43. The predicted octanol–water partition coefficient (Wildman–Crippen LogP) is 1.87. The van der Waals surface area contributed by atoms with Gasteiger partial charge < -0.3 is 10.8 Å². The van der Waals surface area contributed by atoms with Crippen LogP contribution in [0.1, 0.15) is 13.8 Å². The Morgan fingerprint density at radius 2 is 1.95 bits per heavy atom. The number of aliphatic hydroxyl groups is 1. The zero-order chi connectivity index (χ0) is 14.8. The van der Waals surface area contributed by atoms with E-state index in [1.807, 2.05) is 0 Å². The molecule has 108 valence electrons. The predicted molar refractivity (Wildman–Crippen MR) is 76.9 cm³/mol. The van der Waals surface area contributed by atoms with E-state index in [4.69, 9.17) is 34.0 Å². The molecule has 0 saturated carbocycles. The first kappa shape index (κ1) is 16.5. The lowest BCUT2D eigenvalue weighted by atomic mass is 10.1. The van der Waals surface area contributed by atoms with Gasteiger partial charge in [0.2, 0.25) is 10.0 Å². The zero-order valence-corrected chi connectivity index (χ0v) is 12.9. The standard InChI is InChI=1S/C11H16Cl2N2O3S/c1-6(2)8(5-16)15-19(17,18)9-4-3-7(12)11(14)10(9)13/h3-4,6,8,15-16H,5,14H2,1-2H3. The van der Waals surface area contributed by atoms with Gasteiger partial charge in [-0.05, 0) is 18.1 Å². The van der Waals surface area contributed by atoms with Gasteiger partial charge in [-0.25, -0.2) is 13.1 Å². The molecule has 1 rings (SSSR count). The van der Waals surface area contributed by atoms with Crippen LogP contribution in [0, 0.1) is 5.92 Å². The fourth-order valence-electron chi connectivity index (χ4n) is 1.40. The Labute approximate surface area is 122 Å². The summed E-state index contributed by atoms with van der Waals surface area (Å²) in [6.45, 7) is 3.28. The average molecular weight is 327 g/mol. The van der Waals surface area contributed by atoms with Crippen molar-refractivity contribution < 1.29 is 13.5 Å². The molecule has 1 unspecified atom stereocenters. The summed E-state index contributed by atoms with van der Waals surface area (Å²) in [6, 6.07) is 2.04. The SMILES string of the molecule is CC(C)C(CO)NS(=O)(=O)c1ccc(Cl)c(N)c1Cl. The first-order valence-electron chi connectivity index (χ1n) is 5.57. The van der Waals surface area contributed by atoms with Crippen LogP contribution < -0.4 is 10.5 Å². The van der Waals surface area contributed by atoms with Crippen LogP contribution in [0.2, 0.25) is 10.0 Å². The topological polar surface area (TPSA) is 92.4 Å². The van der Waals surface area contributed by atoms with Gasteiger partial charge in [-0.1, -0.05) is 37.0 Å². The van der Waals surface area contributed by atoms with Gasteiger partial charge in [0.25, 0.3) is 0 Å². The van der Waals surface area contributed by atoms with Gasteiger partial charge in [-0.3, -0.25) is 0 Å². The van der Waals surface area contributed by atoms with Crippen LogP contribution >= 0.6 is 23.2 Å². The van der Waals surface area contributed by atoms with E-state index in [9.17, 15) is 8.42 Å². The Balaban J connectivity index is 3.18. The monoisotopic (exact) mass is 326 g/mol. The van der Waals surface area contributed by atoms with Gasteiger partial charge in [-0.2, -0.15) is 0 Å². The van der Waals surface area contributed by atoms with Crippen LogP contribution in [0.4, 0.5) is 5.69 Å². The number of nitrogens with one attached hydrogen (secondary N) is 1. The van der Waals surface area contributed by atoms with E-state index < -0.39 is 16.1 Å². The summed E-state index contributed by atoms with van der Waals surface area (Å²) in [7, 11) is -3.87. The fourth-order valence-corrected chi connectivity index (χ4v) is 3.54. The van der Waals surface area contributed by atoms with Crippen LogP contribution in [-0.4, -0.2) is 26.2 Å². The summed E-state index contributed by atoms with van der Waals surface area (Å²) in [6.07, 6.45) is 0. The molecule has 0 fully saturated rings. The average Bonchev–Trinajstić information content (AvgIpc) is 2.32. The summed E-state index contributed by atoms with van der Waals surface area (Å²) in [5.41, 5.74) is 5.61. The number of hydrogen-bond donors (Lipinski definition) is 3. The molecule has 0 aliphatic rings. The minimum absolute atomic E-state index is 0.0105. The summed E-state index contributed by atoms with van der Waals surface area (Å²) < 4.78 is 26.8. The number of hydrogen-bond acceptors (Lipinski definition) is 4. The molecule has 0 amide bonds. The van der Waals surface area contributed by atoms with Crippen molar-refractivity contribution in [1.82, 2.24) is 4.72 Å². The molecule has 0 radical (unpaired) electrons. The third-order valence-corrected chi connectivity index (χ3v) is 5.07. The van der Waals surface area contributed by atoms with Crippen molar-refractivity contribution in [3.63, 3.8) is 0 Å². The van der Waals surface area contributed by atoms with Crippen LogP contribution in [0.3, 0.4) is 0 Å². The first-order valence-corrected chi connectivity index (χ1v) is 7.81. The molecular formula is C11H16Cl2N2O3S. The summed E-state index contributed by atoms with van der Waals surface area (Å²) in [5, 5.41) is 9.23. The van der Waals surface area contributed by atoms with Gasteiger partial charge in [0.05, 0.1) is 22.3 Å². The maximum atomic E-state index is 12.2. The van der Waals surface area contributed by atoms with Gasteiger partial charge in [-0.15, -0.1) is 0 Å². The highest BCUT2D eigenvalue weighted by Crippen LogP contribution is 2.33. The lowest BCUT2D eigenvalue weighted by molar-refractivity contribution is 0.227. The van der Waals surface area contributed by atoms with Crippen molar-refractivity contribution in [3.05, 3.63) is 22.2 Å². The van der Waals surface area contributed by atoms with Crippen molar-refractivity contribution in [2.75, 3.05) is 12.3 Å². The van der Waals surface area contributed by atoms with Gasteiger partial charge in [0, 0.05) is 6.04 Å². The molecular weight excluding hydrogens is 311 g/mol. The van der Waals surface area contributed by atoms with Crippen LogP contribution in [0.25, 0.3) is 0 Å². The highest BCUT2D eigenvalue weighted by atomic mass is 35.5. The maximum absolute atomic E-state index is 12.2. The number of rotatable bonds is 5. The van der Waals surface area contributed by atoms with E-state index in [0.29, 0.717) is 0 Å². The Morgan fingerprint density at radius 3 is 2.42 bits per heavy atom. The molecule has 0 aliphatic heterocycles. The van der Waals surface area contributed by atoms with Gasteiger partial charge in [0.15, 0.2) is 0 Å². The molecule has 8 heteroatoms.